The molecule has 0 atom stereocenters. The molecule has 0 heterocycles. The molecule has 0 saturated carbocycles. The van der Waals surface area contributed by atoms with Gasteiger partial charge in [0.25, 0.3) is 10.0 Å². The van der Waals surface area contributed by atoms with Crippen molar-refractivity contribution in [3.05, 3.63) is 57.6 Å². The zero-order valence-electron chi connectivity index (χ0n) is 11.2. The van der Waals surface area contributed by atoms with E-state index < -0.39 is 27.3 Å². The first-order chi connectivity index (χ1) is 9.70. The van der Waals surface area contributed by atoms with Crippen LogP contribution in [0.4, 0.5) is 14.5 Å². The monoisotopic (exact) mass is 375 g/mol. The zero-order valence-corrected chi connectivity index (χ0v) is 13.6. The minimum absolute atomic E-state index is 0.0239. The highest BCUT2D eigenvalue weighted by atomic mass is 79.9. The van der Waals surface area contributed by atoms with E-state index in [-0.39, 0.29) is 9.37 Å². The minimum atomic E-state index is -3.98. The fourth-order valence-corrected chi connectivity index (χ4v) is 3.50. The molecule has 1 N–H and O–H groups in total. The van der Waals surface area contributed by atoms with Crippen molar-refractivity contribution >= 4 is 31.6 Å². The van der Waals surface area contributed by atoms with Crippen LogP contribution in [0.2, 0.25) is 0 Å². The van der Waals surface area contributed by atoms with Crippen LogP contribution in [0.1, 0.15) is 11.1 Å². The smallest absolute Gasteiger partial charge is 0.262 e. The van der Waals surface area contributed by atoms with E-state index in [1.54, 1.807) is 19.1 Å². The molecule has 112 valence electrons. The van der Waals surface area contributed by atoms with Gasteiger partial charge in [-0.1, -0.05) is 17.7 Å². The molecule has 21 heavy (non-hydrogen) atoms. The predicted molar refractivity (Wildman–Crippen MR) is 80.8 cm³/mol. The standard InChI is InChI=1S/C14H12BrF2NO2S/c1-8-3-4-14(9(2)5-8)21(19,20)18-13-7-11(16)10(15)6-12(13)17/h3-7,18H,1-2H3. The highest BCUT2D eigenvalue weighted by Crippen LogP contribution is 2.26. The Morgan fingerprint density at radius 1 is 1.05 bits per heavy atom. The molecule has 3 nitrogen and oxygen atoms in total. The van der Waals surface area contributed by atoms with E-state index in [4.69, 9.17) is 0 Å². The van der Waals surface area contributed by atoms with Crippen LogP contribution in [0.3, 0.4) is 0 Å². The molecule has 0 saturated heterocycles. The molecule has 0 bridgehead atoms. The molecule has 2 rings (SSSR count). The number of hydrogen-bond donors (Lipinski definition) is 1. The topological polar surface area (TPSA) is 46.2 Å². The van der Waals surface area contributed by atoms with Gasteiger partial charge in [0.05, 0.1) is 15.1 Å². The Morgan fingerprint density at radius 2 is 1.71 bits per heavy atom. The quantitative estimate of drug-likeness (QED) is 0.819. The second kappa shape index (κ2) is 5.73. The van der Waals surface area contributed by atoms with Crippen LogP contribution in [0.15, 0.2) is 39.7 Å². The number of nitrogens with one attached hydrogen (secondary N) is 1. The molecule has 0 amide bonds. The third kappa shape index (κ3) is 3.41. The highest BCUT2D eigenvalue weighted by molar-refractivity contribution is 9.10. The lowest BCUT2D eigenvalue weighted by Crippen LogP contribution is -2.15. The van der Waals surface area contributed by atoms with E-state index in [1.165, 1.54) is 6.07 Å². The summed E-state index contributed by atoms with van der Waals surface area (Å²) in [5.41, 5.74) is 1.00. The Hall–Kier alpha value is -1.47. The number of hydrogen-bond acceptors (Lipinski definition) is 2. The Balaban J connectivity index is 2.45. The molecule has 0 spiro atoms. The molecule has 0 aliphatic rings. The van der Waals surface area contributed by atoms with Crippen LogP contribution in [0.5, 0.6) is 0 Å². The molecule has 0 aromatic heterocycles. The third-order valence-electron chi connectivity index (χ3n) is 2.87. The summed E-state index contributed by atoms with van der Waals surface area (Å²) >= 11 is 2.83. The van der Waals surface area contributed by atoms with Gasteiger partial charge >= 0.3 is 0 Å². The predicted octanol–water partition coefficient (Wildman–Crippen LogP) is 4.14. The van der Waals surface area contributed by atoms with Crippen molar-refractivity contribution in [3.63, 3.8) is 0 Å². The number of rotatable bonds is 3. The van der Waals surface area contributed by atoms with Crippen LogP contribution in [0, 0.1) is 25.5 Å². The summed E-state index contributed by atoms with van der Waals surface area (Å²) in [6.07, 6.45) is 0. The largest absolute Gasteiger partial charge is 0.277 e. The maximum absolute atomic E-state index is 13.7. The van der Waals surface area contributed by atoms with Crippen LogP contribution in [0.25, 0.3) is 0 Å². The Bertz CT molecular complexity index is 807. The van der Waals surface area contributed by atoms with Gasteiger partial charge in [0.2, 0.25) is 0 Å². The molecular weight excluding hydrogens is 364 g/mol. The van der Waals surface area contributed by atoms with E-state index in [0.717, 1.165) is 17.7 Å². The van der Waals surface area contributed by atoms with E-state index >= 15 is 0 Å². The Morgan fingerprint density at radius 3 is 2.33 bits per heavy atom. The fraction of sp³-hybridized carbons (Fsp3) is 0.143. The Kier molecular flexibility index (Phi) is 4.34. The number of aryl methyl sites for hydroxylation is 2. The lowest BCUT2D eigenvalue weighted by atomic mass is 10.2. The van der Waals surface area contributed by atoms with Gasteiger partial charge in [-0.2, -0.15) is 0 Å². The first-order valence-corrected chi connectivity index (χ1v) is 8.23. The number of anilines is 1. The summed E-state index contributed by atoms with van der Waals surface area (Å²) in [5.74, 6) is -1.62. The van der Waals surface area contributed by atoms with Crippen molar-refractivity contribution in [2.45, 2.75) is 18.7 Å². The second-order valence-electron chi connectivity index (χ2n) is 4.62. The van der Waals surface area contributed by atoms with Crippen molar-refractivity contribution in [2.75, 3.05) is 4.72 Å². The first-order valence-electron chi connectivity index (χ1n) is 5.95. The average molecular weight is 376 g/mol. The lowest BCUT2D eigenvalue weighted by Gasteiger charge is -2.12. The first kappa shape index (κ1) is 15.9. The van der Waals surface area contributed by atoms with Crippen molar-refractivity contribution in [1.82, 2.24) is 0 Å². The molecule has 7 heteroatoms. The molecule has 0 fully saturated rings. The molecule has 2 aromatic rings. The lowest BCUT2D eigenvalue weighted by molar-refractivity contribution is 0.591. The van der Waals surface area contributed by atoms with Crippen molar-refractivity contribution in [3.8, 4) is 0 Å². The van der Waals surface area contributed by atoms with E-state index in [0.29, 0.717) is 5.56 Å². The average Bonchev–Trinajstić information content (AvgIpc) is 2.35. The molecule has 0 unspecified atom stereocenters. The molecule has 0 aliphatic heterocycles. The van der Waals surface area contributed by atoms with Crippen LogP contribution in [-0.2, 0) is 10.0 Å². The summed E-state index contributed by atoms with van der Waals surface area (Å²) in [6, 6.07) is 6.43. The van der Waals surface area contributed by atoms with Gasteiger partial charge in [-0.3, -0.25) is 4.72 Å². The molecule has 2 aromatic carbocycles. The molecular formula is C14H12BrF2NO2S. The van der Waals surface area contributed by atoms with Gasteiger partial charge in [-0.25, -0.2) is 17.2 Å². The van der Waals surface area contributed by atoms with E-state index in [1.807, 2.05) is 6.92 Å². The summed E-state index contributed by atoms with van der Waals surface area (Å²) < 4.78 is 53.7. The summed E-state index contributed by atoms with van der Waals surface area (Å²) in [7, 11) is -3.98. The van der Waals surface area contributed by atoms with Gasteiger partial charge in [-0.05, 0) is 47.5 Å². The van der Waals surface area contributed by atoms with E-state index in [9.17, 15) is 17.2 Å². The minimum Gasteiger partial charge on any atom is -0.277 e. The number of halogens is 3. The van der Waals surface area contributed by atoms with Crippen LogP contribution < -0.4 is 4.72 Å². The Labute approximate surface area is 130 Å². The maximum atomic E-state index is 13.7. The summed E-state index contributed by atoms with van der Waals surface area (Å²) in [4.78, 5) is 0.0239. The van der Waals surface area contributed by atoms with Gasteiger partial charge in [0.1, 0.15) is 11.6 Å². The SMILES string of the molecule is Cc1ccc(S(=O)(=O)Nc2cc(F)c(Br)cc2F)c(C)c1. The van der Waals surface area contributed by atoms with Gasteiger partial charge in [0.15, 0.2) is 0 Å². The van der Waals surface area contributed by atoms with Crippen molar-refractivity contribution in [2.24, 2.45) is 0 Å². The number of sulfonamides is 1. The van der Waals surface area contributed by atoms with Crippen LogP contribution in [-0.4, -0.2) is 8.42 Å². The van der Waals surface area contributed by atoms with Crippen LogP contribution >= 0.6 is 15.9 Å². The fourth-order valence-electron chi connectivity index (χ4n) is 1.90. The maximum Gasteiger partial charge on any atom is 0.262 e. The summed E-state index contributed by atoms with van der Waals surface area (Å²) in [6.45, 7) is 3.47. The van der Waals surface area contributed by atoms with E-state index in [2.05, 4.69) is 20.7 Å². The van der Waals surface area contributed by atoms with Crippen molar-refractivity contribution < 1.29 is 17.2 Å². The second-order valence-corrected chi connectivity index (χ2v) is 7.13. The van der Waals surface area contributed by atoms with Gasteiger partial charge < -0.3 is 0 Å². The third-order valence-corrected chi connectivity index (χ3v) is 5.01. The van der Waals surface area contributed by atoms with Crippen molar-refractivity contribution in [1.29, 1.82) is 0 Å². The van der Waals surface area contributed by atoms with Gasteiger partial charge in [0, 0.05) is 6.07 Å². The molecule has 0 aliphatic carbocycles. The normalized spacial score (nSPS) is 11.5. The molecule has 0 radical (unpaired) electrons. The van der Waals surface area contributed by atoms with Gasteiger partial charge in [-0.15, -0.1) is 0 Å². The number of benzene rings is 2. The zero-order chi connectivity index (χ0) is 15.8. The summed E-state index contributed by atoms with van der Waals surface area (Å²) in [5, 5.41) is 0. The highest BCUT2D eigenvalue weighted by Gasteiger charge is 2.19.